The van der Waals surface area contributed by atoms with E-state index in [-0.39, 0.29) is 0 Å². The Bertz CT molecular complexity index is 416. The predicted octanol–water partition coefficient (Wildman–Crippen LogP) is 3.14. The van der Waals surface area contributed by atoms with Gasteiger partial charge in [-0.05, 0) is 37.0 Å². The van der Waals surface area contributed by atoms with E-state index in [0.717, 1.165) is 50.6 Å². The van der Waals surface area contributed by atoms with Gasteiger partial charge in [0.1, 0.15) is 0 Å². The van der Waals surface area contributed by atoms with Gasteiger partial charge in [-0.3, -0.25) is 0 Å². The summed E-state index contributed by atoms with van der Waals surface area (Å²) in [5.41, 5.74) is 1.20. The van der Waals surface area contributed by atoms with Crippen molar-refractivity contribution in [3.8, 4) is 11.5 Å². The Morgan fingerprint density at radius 1 is 1.33 bits per heavy atom. The summed E-state index contributed by atoms with van der Waals surface area (Å²) in [6, 6.07) is 6.13. The fraction of sp³-hybridized carbons (Fsp3) is 0.647. The summed E-state index contributed by atoms with van der Waals surface area (Å²) in [7, 11) is 1.69. The summed E-state index contributed by atoms with van der Waals surface area (Å²) in [4.78, 5) is 0. The molecule has 0 amide bonds. The largest absolute Gasteiger partial charge is 0.493 e. The zero-order valence-corrected chi connectivity index (χ0v) is 13.2. The van der Waals surface area contributed by atoms with Crippen molar-refractivity contribution in [3.63, 3.8) is 0 Å². The van der Waals surface area contributed by atoms with Gasteiger partial charge in [-0.1, -0.05) is 19.4 Å². The van der Waals surface area contributed by atoms with Crippen LogP contribution in [0.1, 0.15) is 38.2 Å². The second kappa shape index (κ2) is 8.90. The minimum atomic E-state index is 0.378. The molecule has 4 heteroatoms. The monoisotopic (exact) mass is 293 g/mol. The van der Waals surface area contributed by atoms with Crippen LogP contribution in [0.15, 0.2) is 18.2 Å². The Labute approximate surface area is 127 Å². The number of methoxy groups -OCH3 is 1. The second-order valence-electron chi connectivity index (χ2n) is 5.45. The molecular formula is C17H27NO3. The molecule has 0 unspecified atom stereocenters. The minimum Gasteiger partial charge on any atom is -0.493 e. The molecule has 1 N–H and O–H groups in total. The molecule has 0 spiro atoms. The quantitative estimate of drug-likeness (QED) is 0.710. The summed E-state index contributed by atoms with van der Waals surface area (Å²) in [6.07, 6.45) is 4.93. The first-order valence-corrected chi connectivity index (χ1v) is 7.95. The van der Waals surface area contributed by atoms with Gasteiger partial charge in [0.2, 0.25) is 0 Å². The summed E-state index contributed by atoms with van der Waals surface area (Å²) in [5.74, 6) is 1.64. The summed E-state index contributed by atoms with van der Waals surface area (Å²) in [5, 5.41) is 3.45. The molecule has 1 aliphatic rings. The van der Waals surface area contributed by atoms with Gasteiger partial charge in [-0.25, -0.2) is 0 Å². The normalized spacial score (nSPS) is 17.9. The lowest BCUT2D eigenvalue weighted by Crippen LogP contribution is -2.25. The van der Waals surface area contributed by atoms with Crippen molar-refractivity contribution in [2.24, 2.45) is 0 Å². The highest BCUT2D eigenvalue weighted by Gasteiger charge is 2.14. The Morgan fingerprint density at radius 3 is 2.95 bits per heavy atom. The lowest BCUT2D eigenvalue weighted by molar-refractivity contribution is 0.110. The smallest absolute Gasteiger partial charge is 0.161 e. The van der Waals surface area contributed by atoms with E-state index in [1.54, 1.807) is 7.11 Å². The number of benzene rings is 1. The van der Waals surface area contributed by atoms with Crippen molar-refractivity contribution >= 4 is 0 Å². The number of hydrogen-bond donors (Lipinski definition) is 1. The van der Waals surface area contributed by atoms with E-state index in [9.17, 15) is 0 Å². The molecule has 1 fully saturated rings. The summed E-state index contributed by atoms with van der Waals surface area (Å²) in [6.45, 7) is 5.54. The van der Waals surface area contributed by atoms with Crippen molar-refractivity contribution in [2.75, 3.05) is 26.9 Å². The van der Waals surface area contributed by atoms with Crippen LogP contribution < -0.4 is 14.8 Å². The van der Waals surface area contributed by atoms with E-state index < -0.39 is 0 Å². The molecule has 0 bridgehead atoms. The van der Waals surface area contributed by atoms with Crippen molar-refractivity contribution in [1.82, 2.24) is 5.32 Å². The van der Waals surface area contributed by atoms with E-state index in [1.165, 1.54) is 18.4 Å². The lowest BCUT2D eigenvalue weighted by atomic mass is 10.2. The highest BCUT2D eigenvalue weighted by atomic mass is 16.5. The molecule has 1 aromatic carbocycles. The molecule has 0 aliphatic carbocycles. The van der Waals surface area contributed by atoms with Gasteiger partial charge >= 0.3 is 0 Å². The molecule has 4 nitrogen and oxygen atoms in total. The topological polar surface area (TPSA) is 39.7 Å². The van der Waals surface area contributed by atoms with Crippen LogP contribution in [0.2, 0.25) is 0 Å². The highest BCUT2D eigenvalue weighted by molar-refractivity contribution is 5.42. The molecular weight excluding hydrogens is 266 g/mol. The number of hydrogen-bond acceptors (Lipinski definition) is 4. The van der Waals surface area contributed by atoms with Crippen LogP contribution in [0.4, 0.5) is 0 Å². The van der Waals surface area contributed by atoms with E-state index in [2.05, 4.69) is 18.3 Å². The zero-order chi connectivity index (χ0) is 14.9. The van der Waals surface area contributed by atoms with Gasteiger partial charge in [0.15, 0.2) is 11.5 Å². The highest BCUT2D eigenvalue weighted by Crippen LogP contribution is 2.28. The van der Waals surface area contributed by atoms with Crippen LogP contribution in [0, 0.1) is 0 Å². The minimum absolute atomic E-state index is 0.378. The fourth-order valence-electron chi connectivity index (χ4n) is 2.45. The Hall–Kier alpha value is -1.26. The maximum atomic E-state index is 5.74. The van der Waals surface area contributed by atoms with Gasteiger partial charge < -0.3 is 19.5 Å². The molecule has 1 atom stereocenters. The molecule has 2 rings (SSSR count). The first-order valence-electron chi connectivity index (χ1n) is 7.95. The molecule has 118 valence electrons. The van der Waals surface area contributed by atoms with Gasteiger partial charge in [-0.15, -0.1) is 0 Å². The van der Waals surface area contributed by atoms with Crippen LogP contribution in [-0.2, 0) is 11.3 Å². The van der Waals surface area contributed by atoms with E-state index in [4.69, 9.17) is 14.2 Å². The van der Waals surface area contributed by atoms with Crippen LogP contribution in [-0.4, -0.2) is 33.0 Å². The van der Waals surface area contributed by atoms with Crippen LogP contribution in [0.25, 0.3) is 0 Å². The predicted molar refractivity (Wildman–Crippen MR) is 84.1 cm³/mol. The van der Waals surface area contributed by atoms with Gasteiger partial charge in [0.05, 0.1) is 19.8 Å². The molecule has 21 heavy (non-hydrogen) atoms. The van der Waals surface area contributed by atoms with E-state index >= 15 is 0 Å². The van der Waals surface area contributed by atoms with Crippen LogP contribution >= 0.6 is 0 Å². The SMILES string of the molecule is CCCCOc1ccc(CNC[C@H]2CCCO2)cc1OC. The first-order chi connectivity index (χ1) is 10.3. The maximum absolute atomic E-state index is 5.74. The van der Waals surface area contributed by atoms with Gasteiger partial charge in [-0.2, -0.15) is 0 Å². The third-order valence-corrected chi connectivity index (χ3v) is 3.71. The summed E-state index contributed by atoms with van der Waals surface area (Å²) >= 11 is 0. The number of unbranched alkanes of at least 4 members (excludes halogenated alkanes) is 1. The van der Waals surface area contributed by atoms with E-state index in [0.29, 0.717) is 6.10 Å². The third-order valence-electron chi connectivity index (χ3n) is 3.71. The Kier molecular flexibility index (Phi) is 6.83. The van der Waals surface area contributed by atoms with Crippen molar-refractivity contribution in [2.45, 2.75) is 45.3 Å². The Balaban J connectivity index is 1.82. The average molecular weight is 293 g/mol. The van der Waals surface area contributed by atoms with Crippen LogP contribution in [0.5, 0.6) is 11.5 Å². The van der Waals surface area contributed by atoms with Gasteiger partial charge in [0.25, 0.3) is 0 Å². The third kappa shape index (κ3) is 5.21. The van der Waals surface area contributed by atoms with E-state index in [1.807, 2.05) is 12.1 Å². The maximum Gasteiger partial charge on any atom is 0.161 e. The molecule has 0 aromatic heterocycles. The van der Waals surface area contributed by atoms with Gasteiger partial charge in [0, 0.05) is 19.7 Å². The number of nitrogens with one attached hydrogen (secondary N) is 1. The molecule has 1 aromatic rings. The second-order valence-corrected chi connectivity index (χ2v) is 5.45. The fourth-order valence-corrected chi connectivity index (χ4v) is 2.45. The van der Waals surface area contributed by atoms with Crippen molar-refractivity contribution < 1.29 is 14.2 Å². The van der Waals surface area contributed by atoms with Crippen LogP contribution in [0.3, 0.4) is 0 Å². The average Bonchev–Trinajstić information content (AvgIpc) is 3.02. The molecule has 1 heterocycles. The first kappa shape index (κ1) is 16.1. The molecule has 0 saturated carbocycles. The number of rotatable bonds is 9. The number of ether oxygens (including phenoxy) is 3. The van der Waals surface area contributed by atoms with Crippen molar-refractivity contribution in [1.29, 1.82) is 0 Å². The summed E-state index contributed by atoms with van der Waals surface area (Å²) < 4.78 is 16.8. The lowest BCUT2D eigenvalue weighted by Gasteiger charge is -2.13. The van der Waals surface area contributed by atoms with Crippen molar-refractivity contribution in [3.05, 3.63) is 23.8 Å². The molecule has 1 aliphatic heterocycles. The molecule has 1 saturated heterocycles. The Morgan fingerprint density at radius 2 is 2.24 bits per heavy atom. The zero-order valence-electron chi connectivity index (χ0n) is 13.2. The standard InChI is InChI=1S/C17H27NO3/c1-3-4-9-21-16-8-7-14(11-17(16)19-2)12-18-13-15-6-5-10-20-15/h7-8,11,15,18H,3-6,9-10,12-13H2,1-2H3/t15-/m1/s1. The molecule has 0 radical (unpaired) electrons.